The fourth-order valence-corrected chi connectivity index (χ4v) is 8.14. The van der Waals surface area contributed by atoms with Gasteiger partial charge in [0.1, 0.15) is 11.0 Å². The first-order chi connectivity index (χ1) is 19.7. The number of aryl methyl sites for hydroxylation is 2. The number of aromatic amines is 1. The zero-order valence-corrected chi connectivity index (χ0v) is 25.2. The van der Waals surface area contributed by atoms with Gasteiger partial charge in [0.05, 0.1) is 16.6 Å². The van der Waals surface area contributed by atoms with Gasteiger partial charge in [0.2, 0.25) is 11.8 Å². The highest BCUT2D eigenvalue weighted by molar-refractivity contribution is 9.10. The van der Waals surface area contributed by atoms with Gasteiger partial charge in [-0.1, -0.05) is 68.9 Å². The van der Waals surface area contributed by atoms with E-state index in [0.717, 1.165) is 26.9 Å². The van der Waals surface area contributed by atoms with Crippen molar-refractivity contribution < 1.29 is 19.1 Å². The normalized spacial score (nSPS) is 19.6. The number of carbonyl (C=O) groups excluding carboxylic acids is 3. The minimum atomic E-state index is -0.773. The lowest BCUT2D eigenvalue weighted by Gasteiger charge is -2.31. The number of nitrogens with zero attached hydrogens (tertiary/aromatic N) is 1. The first kappa shape index (κ1) is 27.5. The Morgan fingerprint density at radius 2 is 1.78 bits per heavy atom. The van der Waals surface area contributed by atoms with Crippen LogP contribution in [0.5, 0.6) is 5.75 Å². The molecule has 208 valence electrons. The number of imide groups is 1. The van der Waals surface area contributed by atoms with E-state index in [1.165, 1.54) is 16.7 Å². The third-order valence-corrected chi connectivity index (χ3v) is 9.98. The van der Waals surface area contributed by atoms with Crippen LogP contribution in [0, 0.1) is 19.8 Å². The van der Waals surface area contributed by atoms with Gasteiger partial charge in [0, 0.05) is 26.5 Å². The number of anilines is 2. The average molecular weight is 651 g/mol. The van der Waals surface area contributed by atoms with Crippen molar-refractivity contribution in [2.45, 2.75) is 30.0 Å². The third-order valence-electron chi connectivity index (χ3n) is 7.08. The van der Waals surface area contributed by atoms with Crippen LogP contribution >= 0.6 is 39.0 Å². The van der Waals surface area contributed by atoms with Gasteiger partial charge in [0.15, 0.2) is 6.61 Å². The second-order valence-corrected chi connectivity index (χ2v) is 13.1. The largest absolute Gasteiger partial charge is 0.483 e. The lowest BCUT2D eigenvalue weighted by atomic mass is 9.82. The van der Waals surface area contributed by atoms with Crippen molar-refractivity contribution in [1.29, 1.82) is 0 Å². The van der Waals surface area contributed by atoms with Crippen LogP contribution in [0.3, 0.4) is 0 Å². The van der Waals surface area contributed by atoms with Crippen molar-refractivity contribution in [3.05, 3.63) is 102 Å². The van der Waals surface area contributed by atoms with Crippen molar-refractivity contribution in [3.8, 4) is 5.75 Å². The molecule has 6 rings (SSSR count). The molecular formula is C30H24BrN3O5S2. The Morgan fingerprint density at radius 1 is 1.00 bits per heavy atom. The standard InChI is InChI=1S/C30H24BrN3O5S2/c1-15-6-9-19(10-7-15)34-28(36)24-23(25-27(33-30(38)41-25)40-26(24)29(34)37)20-13-17(31)8-11-21(20)39-14-22(35)32-18-5-3-4-16(2)12-18/h3-13,23-24,26H,14H2,1-2H3,(H,32,35)(H,33,38)/t23-,24?,26?/m1/s1. The van der Waals surface area contributed by atoms with Gasteiger partial charge in [-0.25, -0.2) is 4.90 Å². The highest BCUT2D eigenvalue weighted by Crippen LogP contribution is 2.54. The van der Waals surface area contributed by atoms with Crippen LogP contribution in [0.1, 0.15) is 27.5 Å². The molecule has 2 aliphatic rings. The number of ether oxygens (including phenoxy) is 1. The number of hydrogen-bond donors (Lipinski definition) is 2. The van der Waals surface area contributed by atoms with Crippen molar-refractivity contribution in [2.24, 2.45) is 5.92 Å². The zero-order valence-electron chi connectivity index (χ0n) is 22.0. The van der Waals surface area contributed by atoms with Crippen LogP contribution in [-0.2, 0) is 14.4 Å². The minimum absolute atomic E-state index is 0.266. The molecule has 11 heteroatoms. The van der Waals surface area contributed by atoms with Gasteiger partial charge < -0.3 is 15.0 Å². The molecule has 3 heterocycles. The number of halogens is 1. The second-order valence-electron chi connectivity index (χ2n) is 9.99. The first-order valence-corrected chi connectivity index (χ1v) is 15.3. The van der Waals surface area contributed by atoms with Crippen molar-refractivity contribution >= 4 is 68.1 Å². The zero-order chi connectivity index (χ0) is 28.8. The number of benzene rings is 3. The van der Waals surface area contributed by atoms with Crippen molar-refractivity contribution in [1.82, 2.24) is 4.98 Å². The molecule has 1 aromatic heterocycles. The minimum Gasteiger partial charge on any atom is -0.483 e. The van der Waals surface area contributed by atoms with Crippen molar-refractivity contribution in [2.75, 3.05) is 16.8 Å². The molecule has 0 saturated carbocycles. The van der Waals surface area contributed by atoms with E-state index in [1.807, 2.05) is 50.2 Å². The number of rotatable bonds is 6. The van der Waals surface area contributed by atoms with E-state index in [-0.39, 0.29) is 29.2 Å². The summed E-state index contributed by atoms with van der Waals surface area (Å²) in [7, 11) is 0. The molecule has 3 amide bonds. The Bertz CT molecular complexity index is 1750. The maximum atomic E-state index is 14.0. The summed E-state index contributed by atoms with van der Waals surface area (Å²) < 4.78 is 6.77. The number of H-pyrrole nitrogens is 1. The van der Waals surface area contributed by atoms with Gasteiger partial charge in [-0.05, 0) is 61.9 Å². The third kappa shape index (κ3) is 5.25. The Balaban J connectivity index is 1.36. The van der Waals surface area contributed by atoms with E-state index in [1.54, 1.807) is 30.3 Å². The molecule has 3 aromatic carbocycles. The van der Waals surface area contributed by atoms with E-state index >= 15 is 0 Å². The maximum Gasteiger partial charge on any atom is 0.305 e. The van der Waals surface area contributed by atoms with Gasteiger partial charge in [-0.15, -0.1) is 0 Å². The summed E-state index contributed by atoms with van der Waals surface area (Å²) in [5, 5.41) is 2.67. The molecule has 0 bridgehead atoms. The Kier molecular flexibility index (Phi) is 7.35. The first-order valence-electron chi connectivity index (χ1n) is 12.8. The molecule has 8 nitrogen and oxygen atoms in total. The van der Waals surface area contributed by atoms with E-state index in [0.29, 0.717) is 32.6 Å². The molecule has 4 aromatic rings. The van der Waals surface area contributed by atoms with Gasteiger partial charge in [0.25, 0.3) is 5.91 Å². The predicted octanol–water partition coefficient (Wildman–Crippen LogP) is 5.63. The molecule has 2 aliphatic heterocycles. The maximum absolute atomic E-state index is 14.0. The summed E-state index contributed by atoms with van der Waals surface area (Å²) in [4.78, 5) is 57.4. The van der Waals surface area contributed by atoms with Gasteiger partial charge >= 0.3 is 4.87 Å². The van der Waals surface area contributed by atoms with E-state index in [4.69, 9.17) is 4.74 Å². The summed E-state index contributed by atoms with van der Waals surface area (Å²) in [6.07, 6.45) is 0. The topological polar surface area (TPSA) is 109 Å². The van der Waals surface area contributed by atoms with Crippen LogP contribution in [0.25, 0.3) is 0 Å². The van der Waals surface area contributed by atoms with E-state index < -0.39 is 17.1 Å². The number of carbonyl (C=O) groups is 3. The molecule has 1 saturated heterocycles. The highest BCUT2D eigenvalue weighted by Gasteiger charge is 2.56. The van der Waals surface area contributed by atoms with Crippen LogP contribution in [0.4, 0.5) is 11.4 Å². The summed E-state index contributed by atoms with van der Waals surface area (Å²) in [6.45, 7) is 3.61. The molecule has 0 spiro atoms. The number of aromatic nitrogens is 1. The number of nitrogens with one attached hydrogen (secondary N) is 2. The molecule has 2 unspecified atom stereocenters. The molecule has 41 heavy (non-hydrogen) atoms. The number of thiazole rings is 1. The quantitative estimate of drug-likeness (QED) is 0.262. The summed E-state index contributed by atoms with van der Waals surface area (Å²) >= 11 is 5.76. The summed E-state index contributed by atoms with van der Waals surface area (Å²) in [5.74, 6) is -2.03. The summed E-state index contributed by atoms with van der Waals surface area (Å²) in [5.41, 5.74) is 3.81. The molecule has 3 atom stereocenters. The fourth-order valence-electron chi connectivity index (χ4n) is 5.26. The molecular weight excluding hydrogens is 626 g/mol. The Labute approximate surface area is 252 Å². The van der Waals surface area contributed by atoms with Crippen LogP contribution in [0.2, 0.25) is 0 Å². The Morgan fingerprint density at radius 3 is 2.54 bits per heavy atom. The molecule has 2 N–H and O–H groups in total. The van der Waals surface area contributed by atoms with E-state index in [9.17, 15) is 19.2 Å². The molecule has 1 fully saturated rings. The average Bonchev–Trinajstić information content (AvgIpc) is 3.42. The van der Waals surface area contributed by atoms with Gasteiger partial charge in [-0.2, -0.15) is 0 Å². The summed E-state index contributed by atoms with van der Waals surface area (Å²) in [6, 6.07) is 20.0. The monoisotopic (exact) mass is 649 g/mol. The fraction of sp³-hybridized carbons (Fsp3) is 0.200. The lowest BCUT2D eigenvalue weighted by molar-refractivity contribution is -0.122. The van der Waals surface area contributed by atoms with Crippen LogP contribution in [-0.4, -0.2) is 34.6 Å². The SMILES string of the molecule is Cc1ccc(N2C(=O)C3Sc4[nH]c(=O)sc4[C@H](c4cc(Br)ccc4OCC(=O)Nc4cccc(C)c4)C3C2=O)cc1. The number of thioether (sulfide) groups is 1. The lowest BCUT2D eigenvalue weighted by Crippen LogP contribution is -2.32. The highest BCUT2D eigenvalue weighted by atomic mass is 79.9. The second kappa shape index (κ2) is 11.0. The number of fused-ring (bicyclic) bond motifs is 2. The van der Waals surface area contributed by atoms with Gasteiger partial charge in [-0.3, -0.25) is 19.2 Å². The molecule has 0 radical (unpaired) electrons. The number of hydrogen-bond acceptors (Lipinski definition) is 7. The predicted molar refractivity (Wildman–Crippen MR) is 163 cm³/mol. The smallest absolute Gasteiger partial charge is 0.305 e. The van der Waals surface area contributed by atoms with E-state index in [2.05, 4.69) is 26.2 Å². The molecule has 0 aliphatic carbocycles. The van der Waals surface area contributed by atoms with Crippen LogP contribution in [0.15, 0.2) is 81.0 Å². The van der Waals surface area contributed by atoms with Crippen molar-refractivity contribution in [3.63, 3.8) is 0 Å². The Hall–Kier alpha value is -3.67. The van der Waals surface area contributed by atoms with Crippen LogP contribution < -0.4 is 19.8 Å². The number of amides is 3.